The summed E-state index contributed by atoms with van der Waals surface area (Å²) in [6.45, 7) is -0.159. The van der Waals surface area contributed by atoms with E-state index in [9.17, 15) is 4.79 Å². The lowest BCUT2D eigenvalue weighted by molar-refractivity contribution is -0.140. The van der Waals surface area contributed by atoms with Crippen molar-refractivity contribution in [3.8, 4) is 0 Å². The van der Waals surface area contributed by atoms with E-state index in [2.05, 4.69) is 4.74 Å². The smallest absolute Gasteiger partial charge is 0.321 e. The minimum absolute atomic E-state index is 0.159. The molecule has 54 valence electrons. The number of hydrogen-bond donors (Lipinski definition) is 1. The number of esters is 1. The van der Waals surface area contributed by atoms with Crippen molar-refractivity contribution < 1.29 is 14.6 Å². The van der Waals surface area contributed by atoms with Crippen LogP contribution in [-0.2, 0) is 9.53 Å². The number of aliphatic hydroxyl groups is 1. The Bertz CT molecular complexity index is 90.2. The third-order valence-corrected chi connectivity index (χ3v) is 1.82. The van der Waals surface area contributed by atoms with Gasteiger partial charge >= 0.3 is 5.97 Å². The summed E-state index contributed by atoms with van der Waals surface area (Å²) < 4.78 is 4.37. The first kappa shape index (κ1) is 8.78. The molecule has 0 aliphatic heterocycles. The van der Waals surface area contributed by atoms with Gasteiger partial charge in [-0.25, -0.2) is 0 Å². The summed E-state index contributed by atoms with van der Waals surface area (Å²) in [6, 6.07) is 0. The van der Waals surface area contributed by atoms with Crippen LogP contribution in [0.1, 0.15) is 0 Å². The van der Waals surface area contributed by atoms with Gasteiger partial charge in [0.1, 0.15) is 5.25 Å². The maximum absolute atomic E-state index is 10.6. The highest BCUT2D eigenvalue weighted by atomic mass is 32.2. The molecule has 3 nitrogen and oxygen atoms in total. The summed E-state index contributed by atoms with van der Waals surface area (Å²) in [7, 11) is 1.31. The predicted octanol–water partition coefficient (Wildman–Crippen LogP) is -0.117. The van der Waals surface area contributed by atoms with Gasteiger partial charge in [-0.2, -0.15) is 0 Å². The Morgan fingerprint density at radius 2 is 2.44 bits per heavy atom. The first-order valence-electron chi connectivity index (χ1n) is 2.47. The molecule has 4 heteroatoms. The summed E-state index contributed by atoms with van der Waals surface area (Å²) in [4.78, 5) is 10.6. The first-order valence-corrected chi connectivity index (χ1v) is 3.76. The van der Waals surface area contributed by atoms with E-state index in [0.717, 1.165) is 0 Å². The molecule has 0 radical (unpaired) electrons. The topological polar surface area (TPSA) is 46.5 Å². The molecule has 1 atom stereocenters. The Balaban J connectivity index is 3.64. The minimum atomic E-state index is -0.421. The van der Waals surface area contributed by atoms with E-state index in [4.69, 9.17) is 5.11 Å². The highest BCUT2D eigenvalue weighted by Crippen LogP contribution is 2.05. The number of carbonyl (C=O) groups excluding carboxylic acids is 1. The van der Waals surface area contributed by atoms with Crippen molar-refractivity contribution in [2.45, 2.75) is 5.25 Å². The second-order valence-corrected chi connectivity index (χ2v) is 2.47. The Labute approximate surface area is 58.4 Å². The SMILES string of the molecule is COC(=O)C(CO)SC. The van der Waals surface area contributed by atoms with E-state index >= 15 is 0 Å². The summed E-state index contributed by atoms with van der Waals surface area (Å²) >= 11 is 1.28. The van der Waals surface area contributed by atoms with Gasteiger partial charge in [-0.15, -0.1) is 11.8 Å². The number of ether oxygens (including phenoxy) is 1. The lowest BCUT2D eigenvalue weighted by atomic mass is 10.5. The van der Waals surface area contributed by atoms with Crippen LogP contribution in [0.4, 0.5) is 0 Å². The molecule has 0 amide bonds. The number of carbonyl (C=O) groups is 1. The average molecular weight is 150 g/mol. The van der Waals surface area contributed by atoms with E-state index in [-0.39, 0.29) is 12.6 Å². The van der Waals surface area contributed by atoms with Gasteiger partial charge in [-0.1, -0.05) is 0 Å². The van der Waals surface area contributed by atoms with Gasteiger partial charge in [0.05, 0.1) is 13.7 Å². The van der Waals surface area contributed by atoms with E-state index < -0.39 is 5.25 Å². The largest absolute Gasteiger partial charge is 0.468 e. The molecule has 0 aromatic carbocycles. The average Bonchev–Trinajstić information content (AvgIpc) is 1.90. The van der Waals surface area contributed by atoms with E-state index in [1.165, 1.54) is 18.9 Å². The number of methoxy groups -OCH3 is 1. The molecular formula is C5H10O3S. The van der Waals surface area contributed by atoms with Crippen molar-refractivity contribution in [1.29, 1.82) is 0 Å². The zero-order chi connectivity index (χ0) is 7.28. The lowest BCUT2D eigenvalue weighted by Gasteiger charge is -2.06. The highest BCUT2D eigenvalue weighted by molar-refractivity contribution is 7.99. The minimum Gasteiger partial charge on any atom is -0.468 e. The lowest BCUT2D eigenvalue weighted by Crippen LogP contribution is -2.21. The van der Waals surface area contributed by atoms with Crippen LogP contribution < -0.4 is 0 Å². The molecule has 9 heavy (non-hydrogen) atoms. The molecule has 0 aromatic heterocycles. The van der Waals surface area contributed by atoms with Gasteiger partial charge in [0.25, 0.3) is 0 Å². The fourth-order valence-electron chi connectivity index (χ4n) is 0.377. The van der Waals surface area contributed by atoms with Crippen molar-refractivity contribution in [3.05, 3.63) is 0 Å². The van der Waals surface area contributed by atoms with Crippen LogP contribution in [0, 0.1) is 0 Å². The second-order valence-electron chi connectivity index (χ2n) is 1.43. The molecule has 0 bridgehead atoms. The summed E-state index contributed by atoms with van der Waals surface area (Å²) in [5.41, 5.74) is 0. The first-order chi connectivity index (χ1) is 4.26. The van der Waals surface area contributed by atoms with E-state index in [0.29, 0.717) is 0 Å². The zero-order valence-electron chi connectivity index (χ0n) is 5.46. The van der Waals surface area contributed by atoms with Crippen LogP contribution in [0.2, 0.25) is 0 Å². The number of aliphatic hydroxyl groups excluding tert-OH is 1. The van der Waals surface area contributed by atoms with Crippen LogP contribution in [0.25, 0.3) is 0 Å². The Kier molecular flexibility index (Phi) is 4.53. The Morgan fingerprint density at radius 1 is 1.89 bits per heavy atom. The van der Waals surface area contributed by atoms with Crippen LogP contribution >= 0.6 is 11.8 Å². The molecule has 0 spiro atoms. The molecule has 1 N–H and O–H groups in total. The van der Waals surface area contributed by atoms with Crippen LogP contribution in [0.5, 0.6) is 0 Å². The maximum atomic E-state index is 10.6. The number of thioether (sulfide) groups is 1. The molecule has 0 heterocycles. The molecule has 0 fully saturated rings. The Hall–Kier alpha value is -0.220. The number of hydrogen-bond acceptors (Lipinski definition) is 4. The molecule has 1 unspecified atom stereocenters. The maximum Gasteiger partial charge on any atom is 0.321 e. The van der Waals surface area contributed by atoms with E-state index in [1.54, 1.807) is 6.26 Å². The van der Waals surface area contributed by atoms with Crippen molar-refractivity contribution in [3.63, 3.8) is 0 Å². The van der Waals surface area contributed by atoms with Crippen LogP contribution in [0.15, 0.2) is 0 Å². The van der Waals surface area contributed by atoms with Crippen LogP contribution in [-0.4, -0.2) is 36.3 Å². The standard InChI is InChI=1S/C5H10O3S/c1-8-5(7)4(3-6)9-2/h4,6H,3H2,1-2H3. The highest BCUT2D eigenvalue weighted by Gasteiger charge is 2.15. The van der Waals surface area contributed by atoms with Gasteiger partial charge in [0.15, 0.2) is 0 Å². The molecule has 0 aromatic rings. The predicted molar refractivity (Wildman–Crippen MR) is 36.4 cm³/mol. The fraction of sp³-hybridized carbons (Fsp3) is 0.800. The van der Waals surface area contributed by atoms with Gasteiger partial charge in [0, 0.05) is 0 Å². The molecule has 0 aliphatic carbocycles. The molecule has 0 saturated carbocycles. The van der Waals surface area contributed by atoms with Crippen molar-refractivity contribution in [2.24, 2.45) is 0 Å². The summed E-state index contributed by atoms with van der Waals surface area (Å²) in [5.74, 6) is -0.370. The molecule has 0 aliphatic rings. The third-order valence-electron chi connectivity index (χ3n) is 0.914. The van der Waals surface area contributed by atoms with Gasteiger partial charge in [-0.05, 0) is 6.26 Å². The molecule has 0 rings (SSSR count). The van der Waals surface area contributed by atoms with E-state index in [1.807, 2.05) is 0 Å². The fourth-order valence-corrected chi connectivity index (χ4v) is 0.814. The summed E-state index contributed by atoms with van der Waals surface area (Å²) in [6.07, 6.45) is 1.75. The third kappa shape index (κ3) is 2.72. The summed E-state index contributed by atoms with van der Waals surface area (Å²) in [5, 5.41) is 8.08. The normalized spacial score (nSPS) is 12.8. The number of rotatable bonds is 3. The van der Waals surface area contributed by atoms with Crippen molar-refractivity contribution in [1.82, 2.24) is 0 Å². The van der Waals surface area contributed by atoms with Crippen LogP contribution in [0.3, 0.4) is 0 Å². The van der Waals surface area contributed by atoms with Gasteiger partial charge in [-0.3, -0.25) is 4.79 Å². The monoisotopic (exact) mass is 150 g/mol. The molecular weight excluding hydrogens is 140 g/mol. The zero-order valence-corrected chi connectivity index (χ0v) is 6.27. The quantitative estimate of drug-likeness (QED) is 0.570. The van der Waals surface area contributed by atoms with Crippen molar-refractivity contribution >= 4 is 17.7 Å². The van der Waals surface area contributed by atoms with Crippen molar-refractivity contribution in [2.75, 3.05) is 20.0 Å². The second kappa shape index (κ2) is 4.64. The van der Waals surface area contributed by atoms with Gasteiger partial charge in [0.2, 0.25) is 0 Å². The Morgan fingerprint density at radius 3 is 2.56 bits per heavy atom. The van der Waals surface area contributed by atoms with Gasteiger partial charge < -0.3 is 9.84 Å². The molecule has 0 saturated heterocycles.